The first kappa shape index (κ1) is 15.8. The summed E-state index contributed by atoms with van der Waals surface area (Å²) in [7, 11) is 0. The molecule has 120 valence electrons. The maximum absolute atomic E-state index is 12.2. The molecule has 0 saturated carbocycles. The molecule has 2 aromatic rings. The fourth-order valence-electron chi connectivity index (χ4n) is 2.72. The molecule has 0 bridgehead atoms. The van der Waals surface area contributed by atoms with Crippen LogP contribution in [0, 0.1) is 0 Å². The van der Waals surface area contributed by atoms with Crippen LogP contribution in [0.3, 0.4) is 0 Å². The number of ether oxygens (including phenoxy) is 1. The van der Waals surface area contributed by atoms with Gasteiger partial charge in [0.2, 0.25) is 5.88 Å². The molecule has 4 nitrogen and oxygen atoms in total. The lowest BCUT2D eigenvalue weighted by Gasteiger charge is -2.30. The number of carbonyl (C=O) groups excluding carboxylic acids is 1. The van der Waals surface area contributed by atoms with Crippen LogP contribution in [-0.4, -0.2) is 23.5 Å². The summed E-state index contributed by atoms with van der Waals surface area (Å²) in [5, 5.41) is 3.30. The molecule has 1 unspecified atom stereocenters. The van der Waals surface area contributed by atoms with Crippen LogP contribution in [0.1, 0.15) is 41.3 Å². The molecular formula is C18H19ClN2O2. The van der Waals surface area contributed by atoms with E-state index in [1.165, 1.54) is 17.3 Å². The third kappa shape index (κ3) is 3.48. The van der Waals surface area contributed by atoms with Gasteiger partial charge in [0.05, 0.1) is 11.7 Å². The summed E-state index contributed by atoms with van der Waals surface area (Å²) in [4.78, 5) is 16.4. The third-order valence-corrected chi connectivity index (χ3v) is 4.16. The number of hydrogen-bond acceptors (Lipinski definition) is 3. The molecule has 1 heterocycles. The molecule has 1 aliphatic carbocycles. The minimum atomic E-state index is -0.167. The number of benzene rings is 1. The Morgan fingerprint density at radius 1 is 1.43 bits per heavy atom. The SMILES string of the molecule is CC(C)Oc1ncc(C(=O)NCC2Cc3ccccc32)cc1Cl. The van der Waals surface area contributed by atoms with Crippen molar-refractivity contribution in [3.8, 4) is 5.88 Å². The molecule has 1 aromatic heterocycles. The van der Waals surface area contributed by atoms with E-state index >= 15 is 0 Å². The van der Waals surface area contributed by atoms with Gasteiger partial charge >= 0.3 is 0 Å². The van der Waals surface area contributed by atoms with Crippen molar-refractivity contribution in [1.82, 2.24) is 10.3 Å². The number of carbonyl (C=O) groups is 1. The molecule has 1 aliphatic rings. The Morgan fingerprint density at radius 3 is 2.91 bits per heavy atom. The van der Waals surface area contributed by atoms with Gasteiger partial charge in [0.15, 0.2) is 0 Å². The van der Waals surface area contributed by atoms with Crippen molar-refractivity contribution < 1.29 is 9.53 Å². The highest BCUT2D eigenvalue weighted by Crippen LogP contribution is 2.34. The molecule has 1 atom stereocenters. The third-order valence-electron chi connectivity index (χ3n) is 3.89. The van der Waals surface area contributed by atoms with Gasteiger partial charge in [-0.05, 0) is 37.5 Å². The van der Waals surface area contributed by atoms with Crippen molar-refractivity contribution in [3.05, 3.63) is 58.2 Å². The van der Waals surface area contributed by atoms with Gasteiger partial charge < -0.3 is 10.1 Å². The van der Waals surface area contributed by atoms with E-state index < -0.39 is 0 Å². The van der Waals surface area contributed by atoms with E-state index in [0.29, 0.717) is 28.9 Å². The van der Waals surface area contributed by atoms with E-state index in [1.54, 1.807) is 6.07 Å². The smallest absolute Gasteiger partial charge is 0.252 e. The quantitative estimate of drug-likeness (QED) is 0.911. The predicted molar refractivity (Wildman–Crippen MR) is 90.2 cm³/mol. The van der Waals surface area contributed by atoms with Gasteiger partial charge in [-0.3, -0.25) is 4.79 Å². The first-order valence-corrected chi connectivity index (χ1v) is 8.10. The zero-order chi connectivity index (χ0) is 16.4. The predicted octanol–water partition coefficient (Wildman–Crippen LogP) is 3.59. The van der Waals surface area contributed by atoms with E-state index in [9.17, 15) is 4.79 Å². The Balaban J connectivity index is 1.60. The second kappa shape index (κ2) is 6.59. The average Bonchev–Trinajstić information content (AvgIpc) is 2.49. The number of fused-ring (bicyclic) bond motifs is 1. The number of amides is 1. The summed E-state index contributed by atoms with van der Waals surface area (Å²) in [5.41, 5.74) is 3.13. The summed E-state index contributed by atoms with van der Waals surface area (Å²) in [5.74, 6) is 0.577. The van der Waals surface area contributed by atoms with Crippen molar-refractivity contribution in [2.24, 2.45) is 0 Å². The van der Waals surface area contributed by atoms with Gasteiger partial charge in [-0.1, -0.05) is 35.9 Å². The Kier molecular flexibility index (Phi) is 4.53. The maximum atomic E-state index is 12.2. The van der Waals surface area contributed by atoms with Crippen LogP contribution >= 0.6 is 11.6 Å². The summed E-state index contributed by atoms with van der Waals surface area (Å²) in [6.07, 6.45) is 2.49. The summed E-state index contributed by atoms with van der Waals surface area (Å²) >= 11 is 6.12. The van der Waals surface area contributed by atoms with Crippen molar-refractivity contribution >= 4 is 17.5 Å². The van der Waals surface area contributed by atoms with E-state index in [2.05, 4.69) is 22.4 Å². The van der Waals surface area contributed by atoms with E-state index in [0.717, 1.165) is 6.42 Å². The Bertz CT molecular complexity index is 731. The largest absolute Gasteiger partial charge is 0.474 e. The first-order chi connectivity index (χ1) is 11.0. The second-order valence-electron chi connectivity index (χ2n) is 5.99. The molecule has 1 N–H and O–H groups in total. The van der Waals surface area contributed by atoms with E-state index in [4.69, 9.17) is 16.3 Å². The van der Waals surface area contributed by atoms with Crippen molar-refractivity contribution in [3.63, 3.8) is 0 Å². The molecule has 0 fully saturated rings. The highest BCUT2D eigenvalue weighted by atomic mass is 35.5. The Morgan fingerprint density at radius 2 is 2.22 bits per heavy atom. The molecule has 1 aromatic carbocycles. The summed E-state index contributed by atoms with van der Waals surface area (Å²) in [6.45, 7) is 4.42. The van der Waals surface area contributed by atoms with Crippen LogP contribution in [0.2, 0.25) is 5.02 Å². The van der Waals surface area contributed by atoms with Crippen LogP contribution in [-0.2, 0) is 6.42 Å². The minimum Gasteiger partial charge on any atom is -0.474 e. The molecule has 0 radical (unpaired) electrons. The van der Waals surface area contributed by atoms with E-state index in [-0.39, 0.29) is 12.0 Å². The van der Waals surface area contributed by atoms with Crippen LogP contribution in [0.5, 0.6) is 5.88 Å². The number of hydrogen-bond donors (Lipinski definition) is 1. The summed E-state index contributed by atoms with van der Waals surface area (Å²) < 4.78 is 5.47. The molecular weight excluding hydrogens is 312 g/mol. The van der Waals surface area contributed by atoms with Gasteiger partial charge in [0.1, 0.15) is 5.02 Å². The van der Waals surface area contributed by atoms with Crippen LogP contribution in [0.15, 0.2) is 36.5 Å². The lowest BCUT2D eigenvalue weighted by atomic mass is 9.77. The van der Waals surface area contributed by atoms with Gasteiger partial charge in [-0.2, -0.15) is 0 Å². The molecule has 3 rings (SSSR count). The molecule has 23 heavy (non-hydrogen) atoms. The second-order valence-corrected chi connectivity index (χ2v) is 6.39. The number of aromatic nitrogens is 1. The standard InChI is InChI=1S/C18H19ClN2O2/c1-11(2)23-18-16(19)8-14(10-21-18)17(22)20-9-13-7-12-5-3-4-6-15(12)13/h3-6,8,10-11,13H,7,9H2,1-2H3,(H,20,22). The van der Waals surface area contributed by atoms with Crippen LogP contribution < -0.4 is 10.1 Å². The number of nitrogens with zero attached hydrogens (tertiary/aromatic N) is 1. The molecule has 0 spiro atoms. The fourth-order valence-corrected chi connectivity index (χ4v) is 2.93. The first-order valence-electron chi connectivity index (χ1n) is 7.73. The van der Waals surface area contributed by atoms with Gasteiger partial charge in [0.25, 0.3) is 5.91 Å². The fraction of sp³-hybridized carbons (Fsp3) is 0.333. The highest BCUT2D eigenvalue weighted by Gasteiger charge is 2.25. The zero-order valence-electron chi connectivity index (χ0n) is 13.2. The Hall–Kier alpha value is -2.07. The Labute approximate surface area is 140 Å². The zero-order valence-corrected chi connectivity index (χ0v) is 13.9. The van der Waals surface area contributed by atoms with Crippen molar-refractivity contribution in [1.29, 1.82) is 0 Å². The molecule has 0 saturated heterocycles. The van der Waals surface area contributed by atoms with Gasteiger partial charge in [-0.25, -0.2) is 4.98 Å². The highest BCUT2D eigenvalue weighted by molar-refractivity contribution is 6.32. The number of pyridine rings is 1. The van der Waals surface area contributed by atoms with Crippen LogP contribution in [0.4, 0.5) is 0 Å². The molecule has 5 heteroatoms. The normalized spacial score (nSPS) is 15.7. The van der Waals surface area contributed by atoms with Crippen molar-refractivity contribution in [2.45, 2.75) is 32.3 Å². The number of halogens is 1. The number of rotatable bonds is 5. The average molecular weight is 331 g/mol. The van der Waals surface area contributed by atoms with Gasteiger partial charge in [0, 0.05) is 18.7 Å². The number of nitrogens with one attached hydrogen (secondary N) is 1. The van der Waals surface area contributed by atoms with Gasteiger partial charge in [-0.15, -0.1) is 0 Å². The summed E-state index contributed by atoms with van der Waals surface area (Å²) in [6, 6.07) is 9.92. The van der Waals surface area contributed by atoms with Crippen LogP contribution in [0.25, 0.3) is 0 Å². The molecule has 1 amide bonds. The van der Waals surface area contributed by atoms with Crippen molar-refractivity contribution in [2.75, 3.05) is 6.54 Å². The lowest BCUT2D eigenvalue weighted by molar-refractivity contribution is 0.0949. The monoisotopic (exact) mass is 330 g/mol. The topological polar surface area (TPSA) is 51.2 Å². The minimum absolute atomic E-state index is 0.0154. The molecule has 0 aliphatic heterocycles. The van der Waals surface area contributed by atoms with E-state index in [1.807, 2.05) is 26.0 Å². The lowest BCUT2D eigenvalue weighted by Crippen LogP contribution is -2.33. The maximum Gasteiger partial charge on any atom is 0.252 e.